The Kier molecular flexibility index (Phi) is 4.40. The average Bonchev–Trinajstić information content (AvgIpc) is 3.07. The van der Waals surface area contributed by atoms with E-state index < -0.39 is 12.1 Å². The number of hydrogen-bond acceptors (Lipinski definition) is 5. The van der Waals surface area contributed by atoms with Crippen molar-refractivity contribution < 1.29 is 14.6 Å². The van der Waals surface area contributed by atoms with E-state index in [0.29, 0.717) is 11.3 Å². The summed E-state index contributed by atoms with van der Waals surface area (Å²) in [6.07, 6.45) is -0.277. The van der Waals surface area contributed by atoms with E-state index in [2.05, 4.69) is 25.8 Å². The fourth-order valence-corrected chi connectivity index (χ4v) is 4.01. The number of aliphatic hydroxyl groups excluding tert-OH is 1. The van der Waals surface area contributed by atoms with Crippen molar-refractivity contribution in [2.45, 2.75) is 46.3 Å². The standard InChI is InChI=1S/C17H23BrN2O3/c1-8(2)23-17(22)16(21)13-9(3)19-10(4)14(18)15(13)20-6-11-5-12(11)7-20/h8,11-12,16,21H,5-7H2,1-4H3/t11?,12?,16-/m0/s1. The van der Waals surface area contributed by atoms with E-state index in [9.17, 15) is 9.90 Å². The Morgan fingerprint density at radius 2 is 1.91 bits per heavy atom. The van der Waals surface area contributed by atoms with Gasteiger partial charge in [0.1, 0.15) is 0 Å². The number of nitrogens with zero attached hydrogens (tertiary/aromatic N) is 2. The van der Waals surface area contributed by atoms with Crippen LogP contribution in [0.1, 0.15) is 43.3 Å². The molecule has 0 radical (unpaired) electrons. The number of esters is 1. The van der Waals surface area contributed by atoms with Gasteiger partial charge in [-0.2, -0.15) is 0 Å². The summed E-state index contributed by atoms with van der Waals surface area (Å²) in [6.45, 7) is 9.27. The third-order valence-electron chi connectivity index (χ3n) is 4.65. The predicted octanol–water partition coefficient (Wildman–Crippen LogP) is 2.90. The number of aliphatic hydroxyl groups is 1. The molecule has 6 heteroatoms. The molecule has 0 bridgehead atoms. The number of anilines is 1. The monoisotopic (exact) mass is 382 g/mol. The highest BCUT2D eigenvalue weighted by Crippen LogP contribution is 2.49. The van der Waals surface area contributed by atoms with Crippen LogP contribution in [-0.2, 0) is 9.53 Å². The number of aryl methyl sites for hydroxylation is 2. The highest BCUT2D eigenvalue weighted by molar-refractivity contribution is 9.10. The summed E-state index contributed by atoms with van der Waals surface area (Å²) in [4.78, 5) is 19.0. The molecule has 23 heavy (non-hydrogen) atoms. The van der Waals surface area contributed by atoms with E-state index in [0.717, 1.165) is 40.8 Å². The maximum atomic E-state index is 12.2. The Labute approximate surface area is 145 Å². The van der Waals surface area contributed by atoms with Crippen molar-refractivity contribution >= 4 is 27.6 Å². The summed E-state index contributed by atoms with van der Waals surface area (Å²) < 4.78 is 6.05. The molecule has 1 aliphatic heterocycles. The van der Waals surface area contributed by atoms with Crippen LogP contribution in [0.25, 0.3) is 0 Å². The number of carbonyl (C=O) groups excluding carboxylic acids is 1. The van der Waals surface area contributed by atoms with Gasteiger partial charge in [0, 0.05) is 24.3 Å². The first-order chi connectivity index (χ1) is 10.8. The van der Waals surface area contributed by atoms with Gasteiger partial charge in [-0.25, -0.2) is 4.79 Å². The number of ether oxygens (including phenoxy) is 1. The molecule has 1 aromatic heterocycles. The number of rotatable bonds is 4. The maximum Gasteiger partial charge on any atom is 0.340 e. The Hall–Kier alpha value is -1.14. The Morgan fingerprint density at radius 1 is 1.30 bits per heavy atom. The molecule has 3 atom stereocenters. The van der Waals surface area contributed by atoms with Crippen molar-refractivity contribution in [3.63, 3.8) is 0 Å². The lowest BCUT2D eigenvalue weighted by molar-refractivity contribution is -0.157. The summed E-state index contributed by atoms with van der Waals surface area (Å²) in [5.74, 6) is 0.887. The van der Waals surface area contributed by atoms with E-state index in [1.165, 1.54) is 6.42 Å². The van der Waals surface area contributed by atoms with Gasteiger partial charge >= 0.3 is 5.97 Å². The molecule has 1 N–H and O–H groups in total. The highest BCUT2D eigenvalue weighted by atomic mass is 79.9. The van der Waals surface area contributed by atoms with Crippen molar-refractivity contribution in [3.05, 3.63) is 21.4 Å². The lowest BCUT2D eigenvalue weighted by atomic mass is 10.0. The lowest BCUT2D eigenvalue weighted by Crippen LogP contribution is -2.28. The van der Waals surface area contributed by atoms with Gasteiger partial charge in [-0.05, 0) is 61.9 Å². The van der Waals surface area contributed by atoms with Crippen molar-refractivity contribution in [2.24, 2.45) is 11.8 Å². The largest absolute Gasteiger partial charge is 0.461 e. The molecule has 0 aromatic carbocycles. The number of aromatic nitrogens is 1. The van der Waals surface area contributed by atoms with Crippen LogP contribution in [0, 0.1) is 25.7 Å². The zero-order valence-electron chi connectivity index (χ0n) is 14.0. The third kappa shape index (κ3) is 3.11. The molecule has 1 aliphatic carbocycles. The molecule has 0 spiro atoms. The van der Waals surface area contributed by atoms with Crippen molar-refractivity contribution in [1.82, 2.24) is 4.98 Å². The normalized spacial score (nSPS) is 23.9. The minimum Gasteiger partial charge on any atom is -0.461 e. The molecule has 2 heterocycles. The molecule has 1 saturated carbocycles. The molecule has 1 aromatic rings. The first-order valence-electron chi connectivity index (χ1n) is 8.09. The number of pyridine rings is 1. The zero-order valence-corrected chi connectivity index (χ0v) is 15.6. The van der Waals surface area contributed by atoms with Crippen LogP contribution in [-0.4, -0.2) is 35.3 Å². The lowest BCUT2D eigenvalue weighted by Gasteiger charge is -2.28. The predicted molar refractivity (Wildman–Crippen MR) is 91.4 cm³/mol. The first kappa shape index (κ1) is 16.7. The third-order valence-corrected chi connectivity index (χ3v) is 5.60. The van der Waals surface area contributed by atoms with Gasteiger partial charge < -0.3 is 14.7 Å². The fourth-order valence-electron chi connectivity index (χ4n) is 3.45. The molecular weight excluding hydrogens is 360 g/mol. The van der Waals surface area contributed by atoms with E-state index in [4.69, 9.17) is 4.74 Å². The second kappa shape index (κ2) is 6.06. The molecule has 2 aliphatic rings. The van der Waals surface area contributed by atoms with Crippen LogP contribution in [0.15, 0.2) is 4.47 Å². The zero-order chi connectivity index (χ0) is 16.9. The Balaban J connectivity index is 2.00. The summed E-state index contributed by atoms with van der Waals surface area (Å²) in [5, 5.41) is 10.6. The number of piperidine rings is 1. The van der Waals surface area contributed by atoms with E-state index in [-0.39, 0.29) is 6.10 Å². The number of halogens is 1. The van der Waals surface area contributed by atoms with Gasteiger partial charge in [-0.3, -0.25) is 4.98 Å². The van der Waals surface area contributed by atoms with Crippen molar-refractivity contribution in [1.29, 1.82) is 0 Å². The van der Waals surface area contributed by atoms with Crippen LogP contribution < -0.4 is 4.90 Å². The van der Waals surface area contributed by atoms with Gasteiger partial charge in [-0.1, -0.05) is 0 Å². The maximum absolute atomic E-state index is 12.2. The van der Waals surface area contributed by atoms with E-state index in [1.54, 1.807) is 13.8 Å². The molecule has 2 unspecified atom stereocenters. The highest BCUT2D eigenvalue weighted by Gasteiger charge is 2.46. The summed E-state index contributed by atoms with van der Waals surface area (Å²) in [7, 11) is 0. The SMILES string of the molecule is Cc1nc(C)c([C@H](O)C(=O)OC(C)C)c(N2CC3CC3C2)c1Br. The second-order valence-corrected chi connectivity index (χ2v) is 7.70. The van der Waals surface area contributed by atoms with E-state index >= 15 is 0 Å². The minimum absolute atomic E-state index is 0.262. The molecule has 3 rings (SSSR count). The first-order valence-corrected chi connectivity index (χ1v) is 8.89. The fraction of sp³-hybridized carbons (Fsp3) is 0.647. The Bertz CT molecular complexity index is 637. The van der Waals surface area contributed by atoms with Crippen LogP contribution in [0.3, 0.4) is 0 Å². The van der Waals surface area contributed by atoms with Crippen LogP contribution >= 0.6 is 15.9 Å². The van der Waals surface area contributed by atoms with Crippen LogP contribution in [0.4, 0.5) is 5.69 Å². The molecule has 2 fully saturated rings. The average molecular weight is 383 g/mol. The molecule has 1 saturated heterocycles. The van der Waals surface area contributed by atoms with Crippen LogP contribution in [0.5, 0.6) is 0 Å². The minimum atomic E-state index is -1.31. The topological polar surface area (TPSA) is 62.7 Å². The van der Waals surface area contributed by atoms with Gasteiger partial charge in [-0.15, -0.1) is 0 Å². The number of hydrogen-bond donors (Lipinski definition) is 1. The number of carbonyl (C=O) groups is 1. The van der Waals surface area contributed by atoms with Crippen LogP contribution in [0.2, 0.25) is 0 Å². The van der Waals surface area contributed by atoms with Gasteiger partial charge in [0.15, 0.2) is 6.10 Å². The van der Waals surface area contributed by atoms with Gasteiger partial charge in [0.05, 0.1) is 22.0 Å². The summed E-state index contributed by atoms with van der Waals surface area (Å²) >= 11 is 3.61. The number of fused-ring (bicyclic) bond motifs is 1. The smallest absolute Gasteiger partial charge is 0.340 e. The Morgan fingerprint density at radius 3 is 2.48 bits per heavy atom. The van der Waals surface area contributed by atoms with Crippen molar-refractivity contribution in [2.75, 3.05) is 18.0 Å². The quantitative estimate of drug-likeness (QED) is 0.811. The van der Waals surface area contributed by atoms with Gasteiger partial charge in [0.25, 0.3) is 0 Å². The molecule has 126 valence electrons. The molecule has 5 nitrogen and oxygen atoms in total. The second-order valence-electron chi connectivity index (χ2n) is 6.91. The molecular formula is C17H23BrN2O3. The summed E-state index contributed by atoms with van der Waals surface area (Å²) in [6, 6.07) is 0. The van der Waals surface area contributed by atoms with Gasteiger partial charge in [0.2, 0.25) is 0 Å². The van der Waals surface area contributed by atoms with Crippen molar-refractivity contribution in [3.8, 4) is 0 Å². The summed E-state index contributed by atoms with van der Waals surface area (Å²) in [5.41, 5.74) is 3.01. The van der Waals surface area contributed by atoms with E-state index in [1.807, 2.05) is 13.8 Å². The molecule has 0 amide bonds.